The van der Waals surface area contributed by atoms with Crippen LogP contribution in [0.4, 0.5) is 13.2 Å². The van der Waals surface area contributed by atoms with Crippen molar-refractivity contribution in [3.05, 3.63) is 35.9 Å². The van der Waals surface area contributed by atoms with Gasteiger partial charge in [0.2, 0.25) is 0 Å². The second-order valence-corrected chi connectivity index (χ2v) is 5.00. The molecule has 2 rings (SSSR count). The number of fused-ring (bicyclic) bond motifs is 1. The molecular formula is C16H16F3N3O5. The smallest absolute Gasteiger partial charge is 0.490 e. The Morgan fingerprint density at radius 2 is 1.74 bits per heavy atom. The number of amidine groups is 1. The molecule has 0 radical (unpaired) electrons. The molecule has 11 heteroatoms. The first kappa shape index (κ1) is 21.5. The first-order valence-corrected chi connectivity index (χ1v) is 7.13. The maximum atomic E-state index is 10.9. The number of carboxylic acid groups (broad SMARTS) is 1. The van der Waals surface area contributed by atoms with Gasteiger partial charge in [-0.3, -0.25) is 10.2 Å². The van der Waals surface area contributed by atoms with Crippen LogP contribution in [0.3, 0.4) is 0 Å². The molecule has 146 valence electrons. The lowest BCUT2D eigenvalue weighted by molar-refractivity contribution is -0.192. The Kier molecular flexibility index (Phi) is 6.97. The minimum absolute atomic E-state index is 0.0458. The van der Waals surface area contributed by atoms with E-state index in [-0.39, 0.29) is 12.4 Å². The number of primary amides is 1. The Morgan fingerprint density at radius 3 is 2.19 bits per heavy atom. The first-order chi connectivity index (χ1) is 12.5. The van der Waals surface area contributed by atoms with Crippen molar-refractivity contribution in [3.8, 4) is 11.5 Å². The van der Waals surface area contributed by atoms with E-state index < -0.39 is 18.1 Å². The van der Waals surface area contributed by atoms with Crippen LogP contribution >= 0.6 is 0 Å². The van der Waals surface area contributed by atoms with Crippen LogP contribution in [0.5, 0.6) is 11.5 Å². The zero-order valence-corrected chi connectivity index (χ0v) is 14.0. The normalized spacial score (nSPS) is 10.5. The van der Waals surface area contributed by atoms with Crippen molar-refractivity contribution in [1.82, 2.24) is 0 Å². The molecule has 0 saturated carbocycles. The number of carboxylic acids is 1. The molecule has 0 heterocycles. The lowest BCUT2D eigenvalue weighted by Gasteiger charge is -2.13. The fourth-order valence-electron chi connectivity index (χ4n) is 1.89. The summed E-state index contributed by atoms with van der Waals surface area (Å²) < 4.78 is 42.4. The summed E-state index contributed by atoms with van der Waals surface area (Å²) in [5, 5.41) is 16.2. The largest absolute Gasteiger partial charge is 0.493 e. The van der Waals surface area contributed by atoms with Gasteiger partial charge in [-0.05, 0) is 17.5 Å². The van der Waals surface area contributed by atoms with Crippen LogP contribution in [0.1, 0.15) is 5.56 Å². The van der Waals surface area contributed by atoms with Crippen molar-refractivity contribution in [2.24, 2.45) is 11.5 Å². The van der Waals surface area contributed by atoms with Gasteiger partial charge in [0.15, 0.2) is 18.1 Å². The van der Waals surface area contributed by atoms with Gasteiger partial charge in [-0.25, -0.2) is 4.79 Å². The van der Waals surface area contributed by atoms with Gasteiger partial charge in [0.05, 0.1) is 7.11 Å². The van der Waals surface area contributed by atoms with Crippen molar-refractivity contribution in [1.29, 1.82) is 5.41 Å². The number of methoxy groups -OCH3 is 1. The molecule has 2 aromatic carbocycles. The molecule has 2 aromatic rings. The SMILES string of the molecule is COc1ccc2ccc(C(=N)N)cc2c1OCC(N)=O.O=C(O)C(F)(F)F. The molecule has 0 aliphatic heterocycles. The molecule has 0 fully saturated rings. The van der Waals surface area contributed by atoms with Crippen LogP contribution in [-0.4, -0.2) is 42.7 Å². The molecule has 0 aliphatic carbocycles. The first-order valence-electron chi connectivity index (χ1n) is 7.13. The maximum Gasteiger partial charge on any atom is 0.490 e. The number of ether oxygens (including phenoxy) is 2. The number of hydrogen-bond donors (Lipinski definition) is 4. The standard InChI is InChI=1S/C14H15N3O3.C2HF3O2/c1-19-11-5-4-8-2-3-9(14(16)17)6-10(8)13(11)20-7-12(15)18;3-2(4,5)1(6)7/h2-6H,7H2,1H3,(H2,15,18)(H3,16,17);(H,6,7). The fraction of sp³-hybridized carbons (Fsp3) is 0.188. The van der Waals surface area contributed by atoms with Gasteiger partial charge in [0.25, 0.3) is 5.91 Å². The van der Waals surface area contributed by atoms with Crippen LogP contribution in [0, 0.1) is 5.41 Å². The predicted octanol–water partition coefficient (Wildman–Crippen LogP) is 1.63. The fourth-order valence-corrected chi connectivity index (χ4v) is 1.89. The lowest BCUT2D eigenvalue weighted by Crippen LogP contribution is -2.21. The third-order valence-corrected chi connectivity index (χ3v) is 3.07. The number of hydrogen-bond acceptors (Lipinski definition) is 5. The van der Waals surface area contributed by atoms with Gasteiger partial charge in [-0.1, -0.05) is 18.2 Å². The third-order valence-electron chi connectivity index (χ3n) is 3.07. The van der Waals surface area contributed by atoms with Gasteiger partial charge in [0, 0.05) is 10.9 Å². The number of rotatable bonds is 5. The van der Waals surface area contributed by atoms with E-state index in [1.54, 1.807) is 18.2 Å². The highest BCUT2D eigenvalue weighted by molar-refractivity contribution is 6.01. The summed E-state index contributed by atoms with van der Waals surface area (Å²) in [6.07, 6.45) is -5.08. The van der Waals surface area contributed by atoms with E-state index in [1.807, 2.05) is 12.1 Å². The topological polar surface area (TPSA) is 149 Å². The molecule has 0 aliphatic rings. The molecule has 0 atom stereocenters. The number of carbonyl (C=O) groups is 2. The number of aliphatic carboxylic acids is 1. The van der Waals surface area contributed by atoms with Crippen LogP contribution < -0.4 is 20.9 Å². The van der Waals surface area contributed by atoms with E-state index in [2.05, 4.69) is 0 Å². The quantitative estimate of drug-likeness (QED) is 0.453. The zero-order valence-electron chi connectivity index (χ0n) is 14.0. The number of nitrogen functional groups attached to an aromatic ring is 1. The Bertz CT molecular complexity index is 868. The number of carbonyl (C=O) groups excluding carboxylic acids is 1. The molecule has 0 saturated heterocycles. The number of benzene rings is 2. The molecule has 0 spiro atoms. The predicted molar refractivity (Wildman–Crippen MR) is 89.9 cm³/mol. The van der Waals surface area contributed by atoms with E-state index in [0.717, 1.165) is 5.39 Å². The second-order valence-electron chi connectivity index (χ2n) is 5.00. The number of amides is 1. The van der Waals surface area contributed by atoms with E-state index in [0.29, 0.717) is 22.4 Å². The number of halogens is 3. The van der Waals surface area contributed by atoms with Gasteiger partial charge in [-0.2, -0.15) is 13.2 Å². The van der Waals surface area contributed by atoms with Gasteiger partial charge < -0.3 is 26.0 Å². The Labute approximate surface area is 151 Å². The molecular weight excluding hydrogens is 371 g/mol. The Balaban J connectivity index is 0.000000445. The van der Waals surface area contributed by atoms with Crippen molar-refractivity contribution in [2.45, 2.75) is 6.18 Å². The van der Waals surface area contributed by atoms with Gasteiger partial charge >= 0.3 is 12.1 Å². The zero-order chi connectivity index (χ0) is 20.8. The van der Waals surface area contributed by atoms with Crippen LogP contribution in [0.2, 0.25) is 0 Å². The summed E-state index contributed by atoms with van der Waals surface area (Å²) in [6, 6.07) is 8.88. The summed E-state index contributed by atoms with van der Waals surface area (Å²) in [6.45, 7) is -0.250. The summed E-state index contributed by atoms with van der Waals surface area (Å²) in [5.41, 5.74) is 11.1. The average molecular weight is 387 g/mol. The second kappa shape index (κ2) is 8.74. The summed E-state index contributed by atoms with van der Waals surface area (Å²) in [5.74, 6) is -2.48. The molecule has 0 bridgehead atoms. The van der Waals surface area contributed by atoms with Crippen molar-refractivity contribution < 1.29 is 37.3 Å². The molecule has 8 nitrogen and oxygen atoms in total. The Hall–Kier alpha value is -3.50. The maximum absolute atomic E-state index is 10.9. The highest BCUT2D eigenvalue weighted by Gasteiger charge is 2.38. The van der Waals surface area contributed by atoms with Crippen molar-refractivity contribution >= 4 is 28.5 Å². The van der Waals surface area contributed by atoms with E-state index in [1.165, 1.54) is 7.11 Å². The number of nitrogens with two attached hydrogens (primary N) is 2. The number of alkyl halides is 3. The molecule has 0 unspecified atom stereocenters. The monoisotopic (exact) mass is 387 g/mol. The van der Waals surface area contributed by atoms with Crippen LogP contribution in [0.15, 0.2) is 30.3 Å². The van der Waals surface area contributed by atoms with Crippen molar-refractivity contribution in [3.63, 3.8) is 0 Å². The van der Waals surface area contributed by atoms with Gasteiger partial charge in [-0.15, -0.1) is 0 Å². The molecule has 27 heavy (non-hydrogen) atoms. The highest BCUT2D eigenvalue weighted by Crippen LogP contribution is 2.36. The Morgan fingerprint density at radius 1 is 1.19 bits per heavy atom. The third kappa shape index (κ3) is 6.06. The molecule has 1 amide bonds. The summed E-state index contributed by atoms with van der Waals surface area (Å²) in [4.78, 5) is 19.8. The average Bonchev–Trinajstić information content (AvgIpc) is 2.58. The minimum Gasteiger partial charge on any atom is -0.493 e. The van der Waals surface area contributed by atoms with Gasteiger partial charge in [0.1, 0.15) is 5.84 Å². The van der Waals surface area contributed by atoms with E-state index in [9.17, 15) is 18.0 Å². The van der Waals surface area contributed by atoms with Crippen molar-refractivity contribution in [2.75, 3.05) is 13.7 Å². The minimum atomic E-state index is -5.08. The highest BCUT2D eigenvalue weighted by atomic mass is 19.4. The van der Waals surface area contributed by atoms with E-state index in [4.69, 9.17) is 36.3 Å². The summed E-state index contributed by atoms with van der Waals surface area (Å²) in [7, 11) is 1.51. The molecule has 6 N–H and O–H groups in total. The number of nitrogens with one attached hydrogen (secondary N) is 1. The van der Waals surface area contributed by atoms with Crippen LogP contribution in [-0.2, 0) is 9.59 Å². The van der Waals surface area contributed by atoms with Crippen LogP contribution in [0.25, 0.3) is 10.8 Å². The van der Waals surface area contributed by atoms with E-state index >= 15 is 0 Å². The molecule has 0 aromatic heterocycles. The summed E-state index contributed by atoms with van der Waals surface area (Å²) >= 11 is 0. The lowest BCUT2D eigenvalue weighted by atomic mass is 10.0.